The highest BCUT2D eigenvalue weighted by Gasteiger charge is 2.18. The average molecular weight is 267 g/mol. The van der Waals surface area contributed by atoms with Crippen LogP contribution in [0.15, 0.2) is 23.2 Å². The lowest BCUT2D eigenvalue weighted by Gasteiger charge is -2.07. The Balaban J connectivity index is 2.36. The van der Waals surface area contributed by atoms with Gasteiger partial charge in [-0.1, -0.05) is 0 Å². The van der Waals surface area contributed by atoms with Crippen LogP contribution in [0.1, 0.15) is 11.4 Å². The number of nitrogens with zero attached hydrogens (tertiary/aromatic N) is 2. The van der Waals surface area contributed by atoms with Crippen LogP contribution >= 0.6 is 0 Å². The number of H-pyrrole nitrogens is 1. The maximum Gasteiger partial charge on any atom is 0.263 e. The molecule has 2 aromatic heterocycles. The highest BCUT2D eigenvalue weighted by atomic mass is 32.2. The number of aryl methyl sites for hydroxylation is 2. The molecule has 96 valence electrons. The zero-order valence-electron chi connectivity index (χ0n) is 9.93. The van der Waals surface area contributed by atoms with Gasteiger partial charge in [-0.25, -0.2) is 13.4 Å². The molecular formula is C10H13N5O2S. The Kier molecular flexibility index (Phi) is 2.95. The number of hydrogen-bond donors (Lipinski definition) is 3. The van der Waals surface area contributed by atoms with Crippen molar-refractivity contribution in [2.45, 2.75) is 18.7 Å². The van der Waals surface area contributed by atoms with E-state index < -0.39 is 10.0 Å². The van der Waals surface area contributed by atoms with Gasteiger partial charge in [-0.2, -0.15) is 5.10 Å². The second-order valence-electron chi connectivity index (χ2n) is 3.83. The molecule has 0 amide bonds. The molecule has 0 spiro atoms. The van der Waals surface area contributed by atoms with Crippen LogP contribution in [0.5, 0.6) is 0 Å². The third kappa shape index (κ3) is 2.28. The van der Waals surface area contributed by atoms with Crippen molar-refractivity contribution in [3.8, 4) is 0 Å². The summed E-state index contributed by atoms with van der Waals surface area (Å²) in [7, 11) is -3.67. The minimum absolute atomic E-state index is 0.0525. The molecule has 0 aliphatic carbocycles. The highest BCUT2D eigenvalue weighted by Crippen LogP contribution is 2.20. The largest absolute Gasteiger partial charge is 0.384 e. The van der Waals surface area contributed by atoms with Gasteiger partial charge in [-0.3, -0.25) is 9.82 Å². The number of rotatable bonds is 3. The zero-order chi connectivity index (χ0) is 13.3. The van der Waals surface area contributed by atoms with E-state index in [1.807, 2.05) is 0 Å². The highest BCUT2D eigenvalue weighted by molar-refractivity contribution is 7.92. The average Bonchev–Trinajstić information content (AvgIpc) is 2.61. The lowest BCUT2D eigenvalue weighted by molar-refractivity contribution is 0.601. The molecule has 0 saturated carbocycles. The molecule has 2 aromatic rings. The van der Waals surface area contributed by atoms with Gasteiger partial charge >= 0.3 is 0 Å². The molecule has 18 heavy (non-hydrogen) atoms. The van der Waals surface area contributed by atoms with Gasteiger partial charge in [-0.05, 0) is 26.0 Å². The predicted molar refractivity (Wildman–Crippen MR) is 67.5 cm³/mol. The second-order valence-corrected chi connectivity index (χ2v) is 5.52. The summed E-state index contributed by atoms with van der Waals surface area (Å²) in [6.07, 6.45) is 1.21. The quantitative estimate of drug-likeness (QED) is 0.761. The fourth-order valence-electron chi connectivity index (χ4n) is 1.45. The summed E-state index contributed by atoms with van der Waals surface area (Å²) in [5.74, 6) is 0.268. The Morgan fingerprint density at radius 1 is 1.33 bits per heavy atom. The van der Waals surface area contributed by atoms with E-state index >= 15 is 0 Å². The van der Waals surface area contributed by atoms with Crippen molar-refractivity contribution < 1.29 is 8.42 Å². The SMILES string of the molecule is Cc1n[nH]c(C)c1NS(=O)(=O)c1ccc(N)nc1. The van der Waals surface area contributed by atoms with Crippen molar-refractivity contribution >= 4 is 21.5 Å². The molecule has 0 bridgehead atoms. The van der Waals surface area contributed by atoms with Gasteiger partial charge in [0.15, 0.2) is 0 Å². The number of hydrogen-bond acceptors (Lipinski definition) is 5. The maximum atomic E-state index is 12.1. The molecule has 0 unspecified atom stereocenters. The smallest absolute Gasteiger partial charge is 0.263 e. The Morgan fingerprint density at radius 2 is 2.06 bits per heavy atom. The summed E-state index contributed by atoms with van der Waals surface area (Å²) in [4.78, 5) is 3.81. The van der Waals surface area contributed by atoms with Crippen molar-refractivity contribution in [3.05, 3.63) is 29.7 Å². The van der Waals surface area contributed by atoms with Crippen LogP contribution in [0, 0.1) is 13.8 Å². The van der Waals surface area contributed by atoms with Crippen LogP contribution in [-0.4, -0.2) is 23.6 Å². The van der Waals surface area contributed by atoms with Gasteiger partial charge in [-0.15, -0.1) is 0 Å². The lowest BCUT2D eigenvalue weighted by Crippen LogP contribution is -2.14. The Labute approximate surface area is 104 Å². The van der Waals surface area contributed by atoms with Crippen molar-refractivity contribution in [2.75, 3.05) is 10.5 Å². The first-order chi connectivity index (χ1) is 8.40. The number of anilines is 2. The topological polar surface area (TPSA) is 114 Å². The molecule has 0 aliphatic rings. The molecular weight excluding hydrogens is 254 g/mol. The van der Waals surface area contributed by atoms with E-state index in [-0.39, 0.29) is 10.7 Å². The summed E-state index contributed by atoms with van der Waals surface area (Å²) in [5, 5.41) is 6.63. The fourth-order valence-corrected chi connectivity index (χ4v) is 2.57. The molecule has 8 heteroatoms. The molecule has 0 aromatic carbocycles. The molecule has 0 saturated heterocycles. The van der Waals surface area contributed by atoms with Crippen molar-refractivity contribution in [2.24, 2.45) is 0 Å². The van der Waals surface area contributed by atoms with Crippen LogP contribution < -0.4 is 10.5 Å². The van der Waals surface area contributed by atoms with Crippen molar-refractivity contribution in [1.29, 1.82) is 0 Å². The van der Waals surface area contributed by atoms with Gasteiger partial charge in [0.2, 0.25) is 0 Å². The standard InChI is InChI=1S/C10H13N5O2S/c1-6-10(7(2)14-13-6)15-18(16,17)8-3-4-9(11)12-5-8/h3-5,15H,1-2H3,(H2,11,12)(H,13,14). The second kappa shape index (κ2) is 4.30. The first-order valence-electron chi connectivity index (χ1n) is 5.16. The third-order valence-electron chi connectivity index (χ3n) is 2.43. The summed E-state index contributed by atoms with van der Waals surface area (Å²) in [5.41, 5.74) is 7.10. The van der Waals surface area contributed by atoms with E-state index in [4.69, 9.17) is 5.73 Å². The summed E-state index contributed by atoms with van der Waals surface area (Å²) in [6.45, 7) is 3.45. The van der Waals surface area contributed by atoms with E-state index in [2.05, 4.69) is 19.9 Å². The Morgan fingerprint density at radius 3 is 2.56 bits per heavy atom. The van der Waals surface area contributed by atoms with Gasteiger partial charge < -0.3 is 5.73 Å². The van der Waals surface area contributed by atoms with Gasteiger partial charge in [0.25, 0.3) is 10.0 Å². The minimum Gasteiger partial charge on any atom is -0.384 e. The van der Waals surface area contributed by atoms with E-state index in [1.54, 1.807) is 13.8 Å². The van der Waals surface area contributed by atoms with E-state index in [9.17, 15) is 8.42 Å². The number of aromatic nitrogens is 3. The first-order valence-corrected chi connectivity index (χ1v) is 6.64. The summed E-state index contributed by atoms with van der Waals surface area (Å²) < 4.78 is 26.6. The number of nitrogens with two attached hydrogens (primary N) is 1. The molecule has 0 fully saturated rings. The molecule has 2 rings (SSSR count). The molecule has 7 nitrogen and oxygen atoms in total. The van der Waals surface area contributed by atoms with Crippen LogP contribution in [-0.2, 0) is 10.0 Å². The number of sulfonamides is 1. The van der Waals surface area contributed by atoms with Gasteiger partial charge in [0.05, 0.1) is 17.1 Å². The van der Waals surface area contributed by atoms with Crippen molar-refractivity contribution in [1.82, 2.24) is 15.2 Å². The number of pyridine rings is 1. The maximum absolute atomic E-state index is 12.1. The minimum atomic E-state index is -3.67. The predicted octanol–water partition coefficient (Wildman–Crippen LogP) is 0.805. The van der Waals surface area contributed by atoms with Crippen LogP contribution in [0.2, 0.25) is 0 Å². The fraction of sp³-hybridized carbons (Fsp3) is 0.200. The number of nitrogen functional groups attached to an aromatic ring is 1. The third-order valence-corrected chi connectivity index (χ3v) is 3.77. The van der Waals surface area contributed by atoms with Gasteiger partial charge in [0.1, 0.15) is 10.7 Å². The number of nitrogens with one attached hydrogen (secondary N) is 2. The monoisotopic (exact) mass is 267 g/mol. The Hall–Kier alpha value is -2.09. The number of aromatic amines is 1. The molecule has 0 aliphatic heterocycles. The molecule has 0 atom stereocenters. The molecule has 2 heterocycles. The summed E-state index contributed by atoms with van der Waals surface area (Å²) in [6, 6.07) is 2.83. The lowest BCUT2D eigenvalue weighted by atomic mass is 10.3. The van der Waals surface area contributed by atoms with Crippen molar-refractivity contribution in [3.63, 3.8) is 0 Å². The zero-order valence-corrected chi connectivity index (χ0v) is 10.7. The van der Waals surface area contributed by atoms with E-state index in [1.165, 1.54) is 18.3 Å². The summed E-state index contributed by atoms with van der Waals surface area (Å²) >= 11 is 0. The van der Waals surface area contributed by atoms with Gasteiger partial charge in [0, 0.05) is 6.20 Å². The molecule has 0 radical (unpaired) electrons. The van der Waals surface area contributed by atoms with Crippen LogP contribution in [0.4, 0.5) is 11.5 Å². The van der Waals surface area contributed by atoms with Crippen LogP contribution in [0.3, 0.4) is 0 Å². The molecule has 4 N–H and O–H groups in total. The first kappa shape index (κ1) is 12.4. The van der Waals surface area contributed by atoms with Crippen LogP contribution in [0.25, 0.3) is 0 Å². The van der Waals surface area contributed by atoms with E-state index in [0.29, 0.717) is 17.1 Å². The van der Waals surface area contributed by atoms with E-state index in [0.717, 1.165) is 0 Å². The normalized spacial score (nSPS) is 11.4. The Bertz CT molecular complexity index is 641.